The molecule has 1 aliphatic heterocycles. The van der Waals surface area contributed by atoms with Crippen LogP contribution in [-0.2, 0) is 4.79 Å². The molecular formula is C12H22N2O. The molecule has 0 radical (unpaired) electrons. The summed E-state index contributed by atoms with van der Waals surface area (Å²) in [5.74, 6) is 0.954. The van der Waals surface area contributed by atoms with E-state index in [0.717, 1.165) is 19.6 Å². The van der Waals surface area contributed by atoms with Gasteiger partial charge < -0.3 is 10.2 Å². The molecule has 1 amide bonds. The minimum absolute atomic E-state index is 0.362. The van der Waals surface area contributed by atoms with E-state index in [4.69, 9.17) is 0 Å². The van der Waals surface area contributed by atoms with E-state index in [0.29, 0.717) is 24.3 Å². The largest absolute Gasteiger partial charge is 0.339 e. The second-order valence-corrected chi connectivity index (χ2v) is 5.04. The summed E-state index contributed by atoms with van der Waals surface area (Å²) in [5.41, 5.74) is 0. The maximum Gasteiger partial charge on any atom is 0.224 e. The zero-order chi connectivity index (χ0) is 10.7. The van der Waals surface area contributed by atoms with Gasteiger partial charge in [0.25, 0.3) is 0 Å². The summed E-state index contributed by atoms with van der Waals surface area (Å²) in [4.78, 5) is 14.2. The third-order valence-electron chi connectivity index (χ3n) is 3.60. The molecule has 1 N–H and O–H groups in total. The Hall–Kier alpha value is -0.570. The van der Waals surface area contributed by atoms with Crippen molar-refractivity contribution in [2.24, 2.45) is 5.92 Å². The fourth-order valence-electron chi connectivity index (χ4n) is 2.76. The van der Waals surface area contributed by atoms with E-state index in [1.165, 1.54) is 25.7 Å². The number of carbonyl (C=O) groups is 1. The van der Waals surface area contributed by atoms with E-state index in [1.54, 1.807) is 0 Å². The van der Waals surface area contributed by atoms with Crippen molar-refractivity contribution in [1.29, 1.82) is 0 Å². The first-order valence-corrected chi connectivity index (χ1v) is 6.27. The normalized spacial score (nSPS) is 30.3. The molecule has 1 heterocycles. The Labute approximate surface area is 92.2 Å². The molecule has 1 saturated carbocycles. The molecule has 1 unspecified atom stereocenters. The highest BCUT2D eigenvalue weighted by molar-refractivity contribution is 5.76. The van der Waals surface area contributed by atoms with Crippen molar-refractivity contribution in [3.8, 4) is 0 Å². The standard InChI is InChI=1S/C12H22N2O/c1-10-8-13-7-6-12(15)14(9-10)11-4-2-3-5-11/h10-11,13H,2-9H2,1H3. The highest BCUT2D eigenvalue weighted by Crippen LogP contribution is 2.25. The van der Waals surface area contributed by atoms with Gasteiger partial charge in [-0.3, -0.25) is 4.79 Å². The first-order valence-electron chi connectivity index (χ1n) is 6.27. The lowest BCUT2D eigenvalue weighted by Gasteiger charge is -2.33. The molecule has 3 heteroatoms. The van der Waals surface area contributed by atoms with Gasteiger partial charge in [0.2, 0.25) is 5.91 Å². The van der Waals surface area contributed by atoms with Gasteiger partial charge in [-0.05, 0) is 25.3 Å². The molecule has 2 rings (SSSR count). The molecule has 0 aromatic heterocycles. The van der Waals surface area contributed by atoms with Crippen LogP contribution in [0.5, 0.6) is 0 Å². The zero-order valence-corrected chi connectivity index (χ0v) is 9.67. The van der Waals surface area contributed by atoms with Gasteiger partial charge >= 0.3 is 0 Å². The Balaban J connectivity index is 2.00. The lowest BCUT2D eigenvalue weighted by atomic mass is 10.1. The fourth-order valence-corrected chi connectivity index (χ4v) is 2.76. The first-order chi connectivity index (χ1) is 7.27. The summed E-state index contributed by atoms with van der Waals surface area (Å²) < 4.78 is 0. The Morgan fingerprint density at radius 2 is 2.07 bits per heavy atom. The van der Waals surface area contributed by atoms with Crippen molar-refractivity contribution < 1.29 is 4.79 Å². The van der Waals surface area contributed by atoms with Gasteiger partial charge in [0.1, 0.15) is 0 Å². The van der Waals surface area contributed by atoms with E-state index < -0.39 is 0 Å². The van der Waals surface area contributed by atoms with E-state index in [2.05, 4.69) is 17.1 Å². The molecule has 0 aromatic rings. The van der Waals surface area contributed by atoms with Crippen LogP contribution in [0.2, 0.25) is 0 Å². The Morgan fingerprint density at radius 3 is 2.80 bits per heavy atom. The molecule has 3 nitrogen and oxygen atoms in total. The highest BCUT2D eigenvalue weighted by atomic mass is 16.2. The topological polar surface area (TPSA) is 32.3 Å². The molecule has 0 spiro atoms. The average Bonchev–Trinajstić information content (AvgIpc) is 2.71. The number of hydrogen-bond acceptors (Lipinski definition) is 2. The average molecular weight is 210 g/mol. The van der Waals surface area contributed by atoms with Crippen molar-refractivity contribution >= 4 is 5.91 Å². The summed E-state index contributed by atoms with van der Waals surface area (Å²) >= 11 is 0. The quantitative estimate of drug-likeness (QED) is 0.709. The minimum atomic E-state index is 0.362. The van der Waals surface area contributed by atoms with Gasteiger partial charge in [0.15, 0.2) is 0 Å². The summed E-state index contributed by atoms with van der Waals surface area (Å²) in [6.45, 7) is 5.09. The van der Waals surface area contributed by atoms with Crippen LogP contribution in [0.15, 0.2) is 0 Å². The van der Waals surface area contributed by atoms with Crippen LogP contribution in [0.25, 0.3) is 0 Å². The summed E-state index contributed by atoms with van der Waals surface area (Å²) in [6, 6.07) is 0.554. The lowest BCUT2D eigenvalue weighted by Crippen LogP contribution is -2.46. The van der Waals surface area contributed by atoms with Crippen LogP contribution in [0, 0.1) is 5.92 Å². The maximum absolute atomic E-state index is 12.0. The van der Waals surface area contributed by atoms with Crippen molar-refractivity contribution in [2.75, 3.05) is 19.6 Å². The van der Waals surface area contributed by atoms with Crippen LogP contribution in [0.3, 0.4) is 0 Å². The molecule has 1 saturated heterocycles. The number of nitrogens with zero attached hydrogens (tertiary/aromatic N) is 1. The maximum atomic E-state index is 12.0. The van der Waals surface area contributed by atoms with Crippen molar-refractivity contribution in [3.05, 3.63) is 0 Å². The van der Waals surface area contributed by atoms with Gasteiger partial charge in [-0.1, -0.05) is 19.8 Å². The molecule has 1 aliphatic carbocycles. The molecule has 86 valence electrons. The Morgan fingerprint density at radius 1 is 1.33 bits per heavy atom. The van der Waals surface area contributed by atoms with E-state index in [9.17, 15) is 4.79 Å². The van der Waals surface area contributed by atoms with Crippen molar-refractivity contribution in [3.63, 3.8) is 0 Å². The number of amides is 1. The number of hydrogen-bond donors (Lipinski definition) is 1. The van der Waals surface area contributed by atoms with Crippen molar-refractivity contribution in [2.45, 2.75) is 45.1 Å². The Bertz CT molecular complexity index is 224. The van der Waals surface area contributed by atoms with E-state index >= 15 is 0 Å². The predicted octanol–water partition coefficient (Wildman–Crippen LogP) is 1.39. The highest BCUT2D eigenvalue weighted by Gasteiger charge is 2.28. The van der Waals surface area contributed by atoms with Gasteiger partial charge in [-0.15, -0.1) is 0 Å². The number of nitrogens with one attached hydrogen (secondary N) is 1. The molecule has 1 atom stereocenters. The van der Waals surface area contributed by atoms with Crippen LogP contribution in [0.4, 0.5) is 0 Å². The van der Waals surface area contributed by atoms with Crippen LogP contribution in [-0.4, -0.2) is 36.5 Å². The van der Waals surface area contributed by atoms with Gasteiger partial charge in [0.05, 0.1) is 0 Å². The molecule has 2 aliphatic rings. The predicted molar refractivity (Wildman–Crippen MR) is 60.6 cm³/mol. The van der Waals surface area contributed by atoms with Crippen LogP contribution in [0.1, 0.15) is 39.0 Å². The summed E-state index contributed by atoms with van der Waals surface area (Å²) in [6.07, 6.45) is 5.75. The SMILES string of the molecule is CC1CNCCC(=O)N(C2CCCC2)C1. The number of carbonyl (C=O) groups excluding carboxylic acids is 1. The van der Waals surface area contributed by atoms with Gasteiger partial charge in [0, 0.05) is 25.6 Å². The molecule has 2 fully saturated rings. The van der Waals surface area contributed by atoms with Crippen molar-refractivity contribution in [1.82, 2.24) is 10.2 Å². The summed E-state index contributed by atoms with van der Waals surface area (Å²) in [7, 11) is 0. The summed E-state index contributed by atoms with van der Waals surface area (Å²) in [5, 5.41) is 3.33. The van der Waals surface area contributed by atoms with Crippen LogP contribution < -0.4 is 5.32 Å². The third-order valence-corrected chi connectivity index (χ3v) is 3.60. The zero-order valence-electron chi connectivity index (χ0n) is 9.67. The molecule has 0 aromatic carbocycles. The Kier molecular flexibility index (Phi) is 3.62. The fraction of sp³-hybridized carbons (Fsp3) is 0.917. The smallest absolute Gasteiger partial charge is 0.224 e. The molecular weight excluding hydrogens is 188 g/mol. The molecule has 15 heavy (non-hydrogen) atoms. The van der Waals surface area contributed by atoms with E-state index in [-0.39, 0.29) is 0 Å². The number of rotatable bonds is 1. The minimum Gasteiger partial charge on any atom is -0.339 e. The van der Waals surface area contributed by atoms with E-state index in [1.807, 2.05) is 0 Å². The third kappa shape index (κ3) is 2.71. The lowest BCUT2D eigenvalue weighted by molar-refractivity contribution is -0.134. The molecule has 0 bridgehead atoms. The monoisotopic (exact) mass is 210 g/mol. The second-order valence-electron chi connectivity index (χ2n) is 5.04. The first kappa shape index (κ1) is 10.9. The second kappa shape index (κ2) is 4.97. The van der Waals surface area contributed by atoms with Crippen LogP contribution >= 0.6 is 0 Å². The van der Waals surface area contributed by atoms with Gasteiger partial charge in [-0.25, -0.2) is 0 Å². The van der Waals surface area contributed by atoms with Gasteiger partial charge in [-0.2, -0.15) is 0 Å².